The number of rotatable bonds is 2. The van der Waals surface area contributed by atoms with Gasteiger partial charge in [-0.25, -0.2) is 0 Å². The highest BCUT2D eigenvalue weighted by atomic mass is 32.1. The Kier molecular flexibility index (Phi) is 3.38. The standard InChI is InChI=1S/C12H13N5S/c1-7(16-17-12(14)18)11-9-5-3-2-4-8(9)10(13)6-15-11/h2-6H,13H2,1H3,(H3,14,17,18)/b16-7+. The van der Waals surface area contributed by atoms with Crippen LogP contribution in [-0.4, -0.2) is 15.8 Å². The van der Waals surface area contributed by atoms with Gasteiger partial charge >= 0.3 is 0 Å². The van der Waals surface area contributed by atoms with Crippen molar-refractivity contribution in [1.82, 2.24) is 10.4 Å². The van der Waals surface area contributed by atoms with E-state index in [1.54, 1.807) is 6.20 Å². The number of hydrogen-bond acceptors (Lipinski definition) is 4. The van der Waals surface area contributed by atoms with Crippen LogP contribution in [0.3, 0.4) is 0 Å². The summed E-state index contributed by atoms with van der Waals surface area (Å²) >= 11 is 4.70. The zero-order valence-electron chi connectivity index (χ0n) is 9.84. The molecule has 5 N–H and O–H groups in total. The van der Waals surface area contributed by atoms with Gasteiger partial charge in [-0.05, 0) is 19.1 Å². The number of nitrogens with two attached hydrogens (primary N) is 2. The zero-order chi connectivity index (χ0) is 13.1. The SMILES string of the molecule is C/C(=N\NC(N)=S)c1ncc(N)c2ccccc12. The van der Waals surface area contributed by atoms with Gasteiger partial charge in [-0.3, -0.25) is 10.4 Å². The van der Waals surface area contributed by atoms with Crippen LogP contribution >= 0.6 is 12.2 Å². The lowest BCUT2D eigenvalue weighted by Crippen LogP contribution is -2.25. The normalized spacial score (nSPS) is 11.5. The van der Waals surface area contributed by atoms with Crippen LogP contribution < -0.4 is 16.9 Å². The molecule has 0 saturated heterocycles. The average Bonchev–Trinajstić information content (AvgIpc) is 2.37. The summed E-state index contributed by atoms with van der Waals surface area (Å²) in [5, 5.41) is 6.09. The van der Waals surface area contributed by atoms with Gasteiger partial charge in [-0.15, -0.1) is 0 Å². The molecule has 2 aromatic rings. The molecule has 2 rings (SSSR count). The Balaban J connectivity index is 2.55. The number of hydrazone groups is 1. The molecule has 0 fully saturated rings. The van der Waals surface area contributed by atoms with Gasteiger partial charge in [-0.2, -0.15) is 5.10 Å². The number of nitrogens with zero attached hydrogens (tertiary/aromatic N) is 2. The summed E-state index contributed by atoms with van der Waals surface area (Å²) in [6.07, 6.45) is 1.62. The molecule has 0 amide bonds. The third-order valence-electron chi connectivity index (χ3n) is 2.50. The molecule has 0 radical (unpaired) electrons. The molecule has 0 bridgehead atoms. The second kappa shape index (κ2) is 4.97. The van der Waals surface area contributed by atoms with Gasteiger partial charge in [-0.1, -0.05) is 24.3 Å². The zero-order valence-corrected chi connectivity index (χ0v) is 10.7. The maximum Gasteiger partial charge on any atom is 0.184 e. The fraction of sp³-hybridized carbons (Fsp3) is 0.0833. The van der Waals surface area contributed by atoms with E-state index < -0.39 is 0 Å². The van der Waals surface area contributed by atoms with E-state index in [4.69, 9.17) is 23.7 Å². The fourth-order valence-electron chi connectivity index (χ4n) is 1.69. The van der Waals surface area contributed by atoms with Gasteiger partial charge in [0, 0.05) is 10.8 Å². The van der Waals surface area contributed by atoms with Gasteiger partial charge in [0.05, 0.1) is 23.3 Å². The van der Waals surface area contributed by atoms with E-state index in [2.05, 4.69) is 15.5 Å². The molecular formula is C12H13N5S. The molecule has 0 unspecified atom stereocenters. The minimum Gasteiger partial charge on any atom is -0.397 e. The molecule has 0 aliphatic rings. The first kappa shape index (κ1) is 12.3. The van der Waals surface area contributed by atoms with Gasteiger partial charge in [0.2, 0.25) is 0 Å². The largest absolute Gasteiger partial charge is 0.397 e. The summed E-state index contributed by atoms with van der Waals surface area (Å²) in [6.45, 7) is 1.83. The van der Waals surface area contributed by atoms with E-state index in [1.807, 2.05) is 31.2 Å². The van der Waals surface area contributed by atoms with Gasteiger partial charge in [0.25, 0.3) is 0 Å². The summed E-state index contributed by atoms with van der Waals surface area (Å²) in [5.41, 5.74) is 15.9. The number of anilines is 1. The average molecular weight is 259 g/mol. The van der Waals surface area contributed by atoms with Crippen molar-refractivity contribution in [2.24, 2.45) is 10.8 Å². The van der Waals surface area contributed by atoms with E-state index in [1.165, 1.54) is 0 Å². The number of pyridine rings is 1. The Morgan fingerprint density at radius 1 is 1.33 bits per heavy atom. The van der Waals surface area contributed by atoms with Gasteiger partial charge in [0.15, 0.2) is 5.11 Å². The highest BCUT2D eigenvalue weighted by Crippen LogP contribution is 2.22. The minimum absolute atomic E-state index is 0.120. The topological polar surface area (TPSA) is 89.3 Å². The van der Waals surface area contributed by atoms with E-state index in [9.17, 15) is 0 Å². The molecular weight excluding hydrogens is 246 g/mol. The highest BCUT2D eigenvalue weighted by Gasteiger charge is 2.07. The number of hydrogen-bond donors (Lipinski definition) is 3. The predicted molar refractivity (Wildman–Crippen MR) is 78.3 cm³/mol. The molecule has 0 aliphatic heterocycles. The van der Waals surface area contributed by atoms with E-state index >= 15 is 0 Å². The predicted octanol–water partition coefficient (Wildman–Crippen LogP) is 1.37. The lowest BCUT2D eigenvalue weighted by atomic mass is 10.1. The molecule has 0 spiro atoms. The van der Waals surface area contributed by atoms with Crippen molar-refractivity contribution >= 4 is 39.5 Å². The van der Waals surface area contributed by atoms with Crippen LogP contribution in [-0.2, 0) is 0 Å². The Morgan fingerprint density at radius 3 is 2.67 bits per heavy atom. The van der Waals surface area contributed by atoms with Crippen LogP contribution in [0.5, 0.6) is 0 Å². The lowest BCUT2D eigenvalue weighted by Gasteiger charge is -2.07. The number of fused-ring (bicyclic) bond motifs is 1. The fourth-order valence-corrected chi connectivity index (χ4v) is 1.74. The molecule has 0 aliphatic carbocycles. The summed E-state index contributed by atoms with van der Waals surface area (Å²) in [5.74, 6) is 0. The smallest absolute Gasteiger partial charge is 0.184 e. The van der Waals surface area contributed by atoms with Crippen LogP contribution in [0.15, 0.2) is 35.6 Å². The van der Waals surface area contributed by atoms with Crippen molar-refractivity contribution in [3.63, 3.8) is 0 Å². The highest BCUT2D eigenvalue weighted by molar-refractivity contribution is 7.80. The molecule has 1 heterocycles. The molecule has 5 nitrogen and oxygen atoms in total. The van der Waals surface area contributed by atoms with E-state index in [0.717, 1.165) is 16.5 Å². The van der Waals surface area contributed by atoms with Crippen molar-refractivity contribution in [1.29, 1.82) is 0 Å². The number of benzene rings is 1. The number of nitrogen functional groups attached to an aromatic ring is 1. The molecule has 0 atom stereocenters. The monoisotopic (exact) mass is 259 g/mol. The first-order valence-electron chi connectivity index (χ1n) is 5.33. The molecule has 1 aromatic heterocycles. The Hall–Kier alpha value is -2.21. The van der Waals surface area contributed by atoms with Crippen molar-refractivity contribution < 1.29 is 0 Å². The van der Waals surface area contributed by atoms with Gasteiger partial charge < -0.3 is 11.5 Å². The second-order valence-electron chi connectivity index (χ2n) is 3.78. The summed E-state index contributed by atoms with van der Waals surface area (Å²) in [7, 11) is 0. The van der Waals surface area contributed by atoms with Crippen LogP contribution in [0.4, 0.5) is 5.69 Å². The van der Waals surface area contributed by atoms with Crippen LogP contribution in [0.2, 0.25) is 0 Å². The van der Waals surface area contributed by atoms with Crippen LogP contribution in [0, 0.1) is 0 Å². The molecule has 18 heavy (non-hydrogen) atoms. The van der Waals surface area contributed by atoms with Gasteiger partial charge in [0.1, 0.15) is 0 Å². The molecule has 6 heteroatoms. The Bertz CT molecular complexity index is 635. The first-order valence-corrected chi connectivity index (χ1v) is 5.73. The maximum absolute atomic E-state index is 5.89. The van der Waals surface area contributed by atoms with Crippen LogP contribution in [0.25, 0.3) is 10.8 Å². The Labute approximate surface area is 110 Å². The number of thiocarbonyl (C=S) groups is 1. The summed E-state index contributed by atoms with van der Waals surface area (Å²) in [4.78, 5) is 4.30. The quantitative estimate of drug-likeness (QED) is 0.430. The Morgan fingerprint density at radius 2 is 2.00 bits per heavy atom. The van der Waals surface area contributed by atoms with Crippen molar-refractivity contribution in [2.45, 2.75) is 6.92 Å². The van der Waals surface area contributed by atoms with E-state index in [0.29, 0.717) is 11.4 Å². The third kappa shape index (κ3) is 2.38. The van der Waals surface area contributed by atoms with Crippen LogP contribution in [0.1, 0.15) is 12.6 Å². The number of aromatic nitrogens is 1. The number of nitrogens with one attached hydrogen (secondary N) is 1. The maximum atomic E-state index is 5.89. The van der Waals surface area contributed by atoms with Crippen molar-refractivity contribution in [2.75, 3.05) is 5.73 Å². The second-order valence-corrected chi connectivity index (χ2v) is 4.22. The van der Waals surface area contributed by atoms with Crippen molar-refractivity contribution in [3.05, 3.63) is 36.2 Å². The molecule has 92 valence electrons. The first-order chi connectivity index (χ1) is 8.59. The molecule has 1 aromatic carbocycles. The third-order valence-corrected chi connectivity index (χ3v) is 2.59. The minimum atomic E-state index is 0.120. The lowest BCUT2D eigenvalue weighted by molar-refractivity contribution is 1.03. The summed E-state index contributed by atoms with van der Waals surface area (Å²) < 4.78 is 0. The molecule has 0 saturated carbocycles. The summed E-state index contributed by atoms with van der Waals surface area (Å²) in [6, 6.07) is 7.77. The van der Waals surface area contributed by atoms with E-state index in [-0.39, 0.29) is 5.11 Å². The van der Waals surface area contributed by atoms with Crippen molar-refractivity contribution in [3.8, 4) is 0 Å².